The van der Waals surface area contributed by atoms with Gasteiger partial charge >= 0.3 is 17.6 Å². The summed E-state index contributed by atoms with van der Waals surface area (Å²) < 4.78 is 20.8. The third kappa shape index (κ3) is 4.82. The van der Waals surface area contributed by atoms with Crippen molar-refractivity contribution in [3.8, 4) is 5.75 Å². The Labute approximate surface area is 166 Å². The van der Waals surface area contributed by atoms with Crippen LogP contribution in [0.5, 0.6) is 5.75 Å². The summed E-state index contributed by atoms with van der Waals surface area (Å²) in [4.78, 5) is 35.5. The molecule has 0 aliphatic rings. The number of carbonyl (C=O) groups excluding carboxylic acids is 2. The lowest BCUT2D eigenvalue weighted by Gasteiger charge is -2.08. The van der Waals surface area contributed by atoms with Crippen LogP contribution < -0.4 is 10.4 Å². The van der Waals surface area contributed by atoms with Gasteiger partial charge in [-0.2, -0.15) is 0 Å². The zero-order chi connectivity index (χ0) is 20.8. The molecule has 7 heteroatoms. The van der Waals surface area contributed by atoms with Crippen LogP contribution in [0.3, 0.4) is 0 Å². The van der Waals surface area contributed by atoms with Gasteiger partial charge in [-0.1, -0.05) is 12.1 Å². The van der Waals surface area contributed by atoms with Crippen molar-refractivity contribution >= 4 is 22.9 Å². The lowest BCUT2D eigenvalue weighted by Crippen LogP contribution is -2.16. The van der Waals surface area contributed by atoms with Crippen LogP contribution in [-0.4, -0.2) is 25.2 Å². The highest BCUT2D eigenvalue weighted by Crippen LogP contribution is 2.22. The smallest absolute Gasteiger partial charge is 0.351 e. The SMILES string of the molecule is CCOC(=O)c1ccc(COc2ccc3cc(C(=O)OCC)c(=O)oc3c2)cc1. The average molecular weight is 396 g/mol. The highest BCUT2D eigenvalue weighted by molar-refractivity contribution is 5.93. The maximum absolute atomic E-state index is 12.0. The molecule has 7 nitrogen and oxygen atoms in total. The molecule has 0 fully saturated rings. The van der Waals surface area contributed by atoms with Gasteiger partial charge in [-0.05, 0) is 49.7 Å². The van der Waals surface area contributed by atoms with Gasteiger partial charge in [0.1, 0.15) is 23.5 Å². The van der Waals surface area contributed by atoms with Crippen molar-refractivity contribution in [2.24, 2.45) is 0 Å². The Morgan fingerprint density at radius 1 is 0.897 bits per heavy atom. The van der Waals surface area contributed by atoms with Crippen molar-refractivity contribution in [3.05, 3.63) is 75.6 Å². The zero-order valence-corrected chi connectivity index (χ0v) is 16.1. The van der Waals surface area contributed by atoms with E-state index in [0.29, 0.717) is 28.9 Å². The molecule has 0 saturated carbocycles. The topological polar surface area (TPSA) is 92.0 Å². The second-order valence-corrected chi connectivity index (χ2v) is 6.07. The number of hydrogen-bond acceptors (Lipinski definition) is 7. The van der Waals surface area contributed by atoms with Crippen LogP contribution in [0.2, 0.25) is 0 Å². The lowest BCUT2D eigenvalue weighted by atomic mass is 10.1. The lowest BCUT2D eigenvalue weighted by molar-refractivity contribution is 0.0514. The fourth-order valence-corrected chi connectivity index (χ4v) is 2.65. The highest BCUT2D eigenvalue weighted by Gasteiger charge is 2.15. The molecular weight excluding hydrogens is 376 g/mol. The Hall–Kier alpha value is -3.61. The number of benzene rings is 2. The van der Waals surface area contributed by atoms with Crippen molar-refractivity contribution in [2.45, 2.75) is 20.5 Å². The normalized spacial score (nSPS) is 10.6. The molecule has 0 radical (unpaired) electrons. The second-order valence-electron chi connectivity index (χ2n) is 6.07. The fourth-order valence-electron chi connectivity index (χ4n) is 2.65. The van der Waals surface area contributed by atoms with Gasteiger partial charge in [0.2, 0.25) is 0 Å². The van der Waals surface area contributed by atoms with Gasteiger partial charge in [0.25, 0.3) is 0 Å². The first-order valence-corrected chi connectivity index (χ1v) is 9.15. The first kappa shape index (κ1) is 20.1. The molecule has 1 aromatic heterocycles. The molecule has 2 aromatic carbocycles. The fraction of sp³-hybridized carbons (Fsp3) is 0.227. The van der Waals surface area contributed by atoms with E-state index in [-0.39, 0.29) is 24.7 Å². The number of rotatable bonds is 7. The van der Waals surface area contributed by atoms with Gasteiger partial charge in [0.05, 0.1) is 18.8 Å². The number of fused-ring (bicyclic) bond motifs is 1. The van der Waals surface area contributed by atoms with E-state index in [1.807, 2.05) is 0 Å². The summed E-state index contributed by atoms with van der Waals surface area (Å²) in [6.45, 7) is 4.17. The molecule has 0 amide bonds. The summed E-state index contributed by atoms with van der Waals surface area (Å²) in [5, 5.41) is 0.582. The molecule has 3 aromatic rings. The summed E-state index contributed by atoms with van der Waals surface area (Å²) in [6.07, 6.45) is 0. The number of carbonyl (C=O) groups is 2. The molecule has 0 N–H and O–H groups in total. The predicted molar refractivity (Wildman–Crippen MR) is 105 cm³/mol. The third-order valence-electron chi connectivity index (χ3n) is 4.07. The van der Waals surface area contributed by atoms with E-state index in [0.717, 1.165) is 5.56 Å². The average Bonchev–Trinajstić information content (AvgIpc) is 2.72. The van der Waals surface area contributed by atoms with E-state index < -0.39 is 11.6 Å². The molecule has 1 heterocycles. The Morgan fingerprint density at radius 3 is 2.28 bits per heavy atom. The molecule has 0 atom stereocenters. The minimum absolute atomic E-state index is 0.144. The molecule has 0 spiro atoms. The number of hydrogen-bond donors (Lipinski definition) is 0. The largest absolute Gasteiger partial charge is 0.489 e. The van der Waals surface area contributed by atoms with E-state index in [1.54, 1.807) is 56.3 Å². The Balaban J connectivity index is 1.72. The molecule has 0 aliphatic heterocycles. The minimum Gasteiger partial charge on any atom is -0.489 e. The predicted octanol–water partition coefficient (Wildman–Crippen LogP) is 3.73. The van der Waals surface area contributed by atoms with Crippen LogP contribution in [0.4, 0.5) is 0 Å². The molecule has 0 saturated heterocycles. The summed E-state index contributed by atoms with van der Waals surface area (Å²) in [6, 6.07) is 13.3. The molecule has 150 valence electrons. The van der Waals surface area contributed by atoms with Crippen LogP contribution in [0.25, 0.3) is 11.0 Å². The van der Waals surface area contributed by atoms with Crippen LogP contribution in [0, 0.1) is 0 Å². The Bertz CT molecular complexity index is 1080. The van der Waals surface area contributed by atoms with Crippen LogP contribution >= 0.6 is 0 Å². The van der Waals surface area contributed by atoms with Gasteiger partial charge in [0.15, 0.2) is 0 Å². The molecular formula is C22H20O7. The van der Waals surface area contributed by atoms with Gasteiger partial charge in [-0.25, -0.2) is 14.4 Å². The van der Waals surface area contributed by atoms with E-state index in [1.165, 1.54) is 6.07 Å². The zero-order valence-electron chi connectivity index (χ0n) is 16.1. The summed E-state index contributed by atoms with van der Waals surface area (Å²) >= 11 is 0. The highest BCUT2D eigenvalue weighted by atomic mass is 16.5. The van der Waals surface area contributed by atoms with E-state index in [2.05, 4.69) is 0 Å². The van der Waals surface area contributed by atoms with Gasteiger partial charge < -0.3 is 18.6 Å². The standard InChI is InChI=1S/C22H20O7/c1-3-26-20(23)15-7-5-14(6-8-15)13-28-17-10-9-16-11-18(21(24)27-4-2)22(25)29-19(16)12-17/h5-12H,3-4,13H2,1-2H3. The van der Waals surface area contributed by atoms with Gasteiger partial charge in [-0.3, -0.25) is 0 Å². The molecule has 0 unspecified atom stereocenters. The maximum Gasteiger partial charge on any atom is 0.351 e. The first-order valence-electron chi connectivity index (χ1n) is 9.15. The Morgan fingerprint density at radius 2 is 1.59 bits per heavy atom. The van der Waals surface area contributed by atoms with E-state index >= 15 is 0 Å². The number of esters is 2. The summed E-state index contributed by atoms with van der Waals surface area (Å²) in [5.41, 5.74) is 0.730. The second kappa shape index (κ2) is 9.05. The van der Waals surface area contributed by atoms with Crippen LogP contribution in [0.15, 0.2) is 57.7 Å². The molecule has 0 bridgehead atoms. The third-order valence-corrected chi connectivity index (χ3v) is 4.07. The maximum atomic E-state index is 12.0. The quantitative estimate of drug-likeness (QED) is 0.444. The van der Waals surface area contributed by atoms with Crippen molar-refractivity contribution in [2.75, 3.05) is 13.2 Å². The van der Waals surface area contributed by atoms with Crippen LogP contribution in [0.1, 0.15) is 40.1 Å². The van der Waals surface area contributed by atoms with Crippen molar-refractivity contribution < 1.29 is 28.2 Å². The van der Waals surface area contributed by atoms with Crippen LogP contribution in [-0.2, 0) is 16.1 Å². The first-order chi connectivity index (χ1) is 14.0. The molecule has 29 heavy (non-hydrogen) atoms. The van der Waals surface area contributed by atoms with E-state index in [4.69, 9.17) is 18.6 Å². The minimum atomic E-state index is -0.761. The molecule has 3 rings (SSSR count). The van der Waals surface area contributed by atoms with Crippen molar-refractivity contribution in [1.29, 1.82) is 0 Å². The number of ether oxygens (including phenoxy) is 3. The molecule has 0 aliphatic carbocycles. The van der Waals surface area contributed by atoms with Crippen molar-refractivity contribution in [1.82, 2.24) is 0 Å². The van der Waals surface area contributed by atoms with Crippen molar-refractivity contribution in [3.63, 3.8) is 0 Å². The van der Waals surface area contributed by atoms with Gasteiger partial charge in [-0.15, -0.1) is 0 Å². The summed E-state index contributed by atoms with van der Waals surface area (Å²) in [7, 11) is 0. The summed E-state index contributed by atoms with van der Waals surface area (Å²) in [5.74, 6) is -0.583. The monoisotopic (exact) mass is 396 g/mol. The van der Waals surface area contributed by atoms with E-state index in [9.17, 15) is 14.4 Å². The van der Waals surface area contributed by atoms with Gasteiger partial charge in [0, 0.05) is 11.5 Å². The Kier molecular flexibility index (Phi) is 6.29.